The van der Waals surface area contributed by atoms with Crippen LogP contribution in [0.4, 0.5) is 0 Å². The number of hydrogen-bond acceptors (Lipinski definition) is 6. The average Bonchev–Trinajstić information content (AvgIpc) is 3.08. The number of benzene rings is 4. The van der Waals surface area contributed by atoms with Gasteiger partial charge in [-0.3, -0.25) is 9.69 Å². The van der Waals surface area contributed by atoms with Crippen LogP contribution >= 0.6 is 0 Å². The Morgan fingerprint density at radius 1 is 0.841 bits per heavy atom. The fraction of sp³-hybridized carbons (Fsp3) is 0.324. The van der Waals surface area contributed by atoms with Crippen LogP contribution in [-0.2, 0) is 22.6 Å². The molecule has 1 saturated heterocycles. The monoisotopic (exact) mass is 594 g/mol. The highest BCUT2D eigenvalue weighted by Gasteiger charge is 2.39. The van der Waals surface area contributed by atoms with E-state index in [9.17, 15) is 15.0 Å². The first-order valence-corrected chi connectivity index (χ1v) is 15.2. The number of carbonyl (C=O) groups is 1. The molecule has 5 rings (SSSR count). The van der Waals surface area contributed by atoms with E-state index in [-0.39, 0.29) is 36.7 Å². The van der Waals surface area contributed by atoms with Gasteiger partial charge in [0.15, 0.2) is 6.29 Å². The lowest BCUT2D eigenvalue weighted by Gasteiger charge is -2.43. The maximum absolute atomic E-state index is 12.5. The molecule has 1 amide bonds. The molecule has 44 heavy (non-hydrogen) atoms. The standard InChI is InChI=1S/C37H42N2O5/c1-25-33(23-39(3)26(2)34(41)29-10-6-4-7-11-29)43-37(44-35(25)30-18-16-28(24-40)17-19-30)32-20-14-27(15-21-32)22-38-36(42)31-12-8-5-9-13-31/h4-21,25-26,33-35,37,40-41H,22-24H2,1-3H3,(H,38,42)/t25-,26-,33+,34-,35+,37+/m1/s1. The quantitative estimate of drug-likeness (QED) is 0.199. The number of aliphatic hydroxyl groups is 2. The minimum absolute atomic E-state index is 0.0136. The number of ether oxygens (including phenoxy) is 2. The van der Waals surface area contributed by atoms with E-state index in [0.717, 1.165) is 27.8 Å². The molecular formula is C37H42N2O5. The van der Waals surface area contributed by atoms with E-state index in [1.165, 1.54) is 0 Å². The van der Waals surface area contributed by atoms with Crippen LogP contribution < -0.4 is 5.32 Å². The molecule has 0 unspecified atom stereocenters. The molecule has 1 aliphatic heterocycles. The van der Waals surface area contributed by atoms with Gasteiger partial charge in [0.05, 0.1) is 24.9 Å². The molecule has 0 bridgehead atoms. The van der Waals surface area contributed by atoms with Gasteiger partial charge < -0.3 is 25.0 Å². The summed E-state index contributed by atoms with van der Waals surface area (Å²) < 4.78 is 13.2. The van der Waals surface area contributed by atoms with Crippen molar-refractivity contribution in [1.29, 1.82) is 0 Å². The summed E-state index contributed by atoms with van der Waals surface area (Å²) in [4.78, 5) is 14.6. The summed E-state index contributed by atoms with van der Waals surface area (Å²) in [5, 5.41) is 23.6. The van der Waals surface area contributed by atoms with Gasteiger partial charge in [-0.1, -0.05) is 104 Å². The van der Waals surface area contributed by atoms with E-state index >= 15 is 0 Å². The number of aliphatic hydroxyl groups excluding tert-OH is 2. The minimum atomic E-state index is -0.635. The molecule has 4 aromatic carbocycles. The Morgan fingerprint density at radius 2 is 1.43 bits per heavy atom. The lowest BCUT2D eigenvalue weighted by Crippen LogP contribution is -2.46. The number of hydrogen-bond donors (Lipinski definition) is 3. The van der Waals surface area contributed by atoms with Crippen molar-refractivity contribution in [3.05, 3.63) is 143 Å². The molecule has 3 N–H and O–H groups in total. The summed E-state index contributed by atoms with van der Waals surface area (Å²) in [6, 6.07) is 34.6. The van der Waals surface area contributed by atoms with Crippen molar-refractivity contribution in [1.82, 2.24) is 10.2 Å². The number of nitrogens with zero attached hydrogens (tertiary/aromatic N) is 1. The second-order valence-corrected chi connectivity index (χ2v) is 11.6. The SMILES string of the molecule is C[C@@H]1[C@H](CN(C)[C@H](C)[C@@H](O)c2ccccc2)O[C@H](c2ccc(CNC(=O)c3ccccc3)cc2)O[C@@H]1c1ccc(CO)cc1. The summed E-state index contributed by atoms with van der Waals surface area (Å²) in [5.41, 5.74) is 5.23. The molecule has 230 valence electrons. The zero-order valence-corrected chi connectivity index (χ0v) is 25.5. The molecule has 1 fully saturated rings. The van der Waals surface area contributed by atoms with E-state index < -0.39 is 12.4 Å². The van der Waals surface area contributed by atoms with Crippen molar-refractivity contribution < 1.29 is 24.5 Å². The predicted octanol–water partition coefficient (Wildman–Crippen LogP) is 5.95. The Labute approximate surface area is 260 Å². The Morgan fingerprint density at radius 3 is 2.07 bits per heavy atom. The van der Waals surface area contributed by atoms with Crippen LogP contribution in [-0.4, -0.2) is 46.8 Å². The van der Waals surface area contributed by atoms with Gasteiger partial charge in [0.1, 0.15) is 0 Å². The van der Waals surface area contributed by atoms with Gasteiger partial charge in [-0.25, -0.2) is 0 Å². The average molecular weight is 595 g/mol. The third-order valence-corrected chi connectivity index (χ3v) is 8.63. The molecule has 1 heterocycles. The lowest BCUT2D eigenvalue weighted by atomic mass is 9.89. The summed E-state index contributed by atoms with van der Waals surface area (Å²) in [5.74, 6) is -0.0986. The summed E-state index contributed by atoms with van der Waals surface area (Å²) in [7, 11) is 2.01. The third kappa shape index (κ3) is 7.62. The van der Waals surface area contributed by atoms with E-state index in [0.29, 0.717) is 18.7 Å². The van der Waals surface area contributed by atoms with E-state index in [2.05, 4.69) is 17.1 Å². The summed E-state index contributed by atoms with van der Waals surface area (Å²) in [6.45, 7) is 5.16. The highest BCUT2D eigenvalue weighted by atomic mass is 16.7. The molecule has 0 saturated carbocycles. The largest absolute Gasteiger partial charge is 0.392 e. The van der Waals surface area contributed by atoms with Crippen molar-refractivity contribution in [2.45, 2.75) is 57.6 Å². The van der Waals surface area contributed by atoms with Crippen LogP contribution in [0.25, 0.3) is 0 Å². The van der Waals surface area contributed by atoms with Crippen LogP contribution in [0.2, 0.25) is 0 Å². The number of likely N-dealkylation sites (N-methyl/N-ethyl adjacent to an activating group) is 1. The van der Waals surface area contributed by atoms with Gasteiger partial charge in [-0.15, -0.1) is 0 Å². The molecule has 0 aromatic heterocycles. The zero-order chi connectivity index (χ0) is 31.1. The van der Waals surface area contributed by atoms with Crippen molar-refractivity contribution in [2.24, 2.45) is 5.92 Å². The van der Waals surface area contributed by atoms with Crippen molar-refractivity contribution in [2.75, 3.05) is 13.6 Å². The van der Waals surface area contributed by atoms with Gasteiger partial charge >= 0.3 is 0 Å². The van der Waals surface area contributed by atoms with Gasteiger partial charge in [0, 0.05) is 36.2 Å². The van der Waals surface area contributed by atoms with Crippen LogP contribution in [0.5, 0.6) is 0 Å². The number of carbonyl (C=O) groups excluding carboxylic acids is 1. The van der Waals surface area contributed by atoms with Crippen LogP contribution in [0.1, 0.15) is 70.5 Å². The minimum Gasteiger partial charge on any atom is -0.392 e. The number of amides is 1. The van der Waals surface area contributed by atoms with Crippen molar-refractivity contribution in [3.63, 3.8) is 0 Å². The van der Waals surface area contributed by atoms with Crippen LogP contribution in [0, 0.1) is 5.92 Å². The van der Waals surface area contributed by atoms with Gasteiger partial charge in [-0.05, 0) is 48.4 Å². The Bertz CT molecular complexity index is 1460. The van der Waals surface area contributed by atoms with Gasteiger partial charge in [0.2, 0.25) is 0 Å². The topological polar surface area (TPSA) is 91.3 Å². The second-order valence-electron chi connectivity index (χ2n) is 11.6. The van der Waals surface area contributed by atoms with E-state index in [1.54, 1.807) is 12.1 Å². The van der Waals surface area contributed by atoms with Crippen molar-refractivity contribution >= 4 is 5.91 Å². The zero-order valence-electron chi connectivity index (χ0n) is 25.5. The molecule has 1 aliphatic rings. The highest BCUT2D eigenvalue weighted by Crippen LogP contribution is 2.42. The number of nitrogens with one attached hydrogen (secondary N) is 1. The third-order valence-electron chi connectivity index (χ3n) is 8.63. The predicted molar refractivity (Wildman–Crippen MR) is 171 cm³/mol. The van der Waals surface area contributed by atoms with Crippen LogP contribution in [0.15, 0.2) is 109 Å². The number of rotatable bonds is 11. The van der Waals surface area contributed by atoms with Gasteiger partial charge in [0.25, 0.3) is 5.91 Å². The molecule has 0 aliphatic carbocycles. The second kappa shape index (κ2) is 14.8. The Balaban J connectivity index is 1.31. The first-order chi connectivity index (χ1) is 21.3. The molecule has 6 atom stereocenters. The maximum Gasteiger partial charge on any atom is 0.251 e. The molecule has 4 aromatic rings. The smallest absolute Gasteiger partial charge is 0.251 e. The highest BCUT2D eigenvalue weighted by molar-refractivity contribution is 5.94. The Kier molecular flexibility index (Phi) is 10.6. The summed E-state index contributed by atoms with van der Waals surface area (Å²) in [6.07, 6.45) is -1.66. The normalized spacial score (nSPS) is 21.5. The first-order valence-electron chi connectivity index (χ1n) is 15.2. The summed E-state index contributed by atoms with van der Waals surface area (Å²) >= 11 is 0. The fourth-order valence-corrected chi connectivity index (χ4v) is 5.61. The maximum atomic E-state index is 12.5. The molecule has 0 spiro atoms. The van der Waals surface area contributed by atoms with Crippen molar-refractivity contribution in [3.8, 4) is 0 Å². The van der Waals surface area contributed by atoms with E-state index in [1.807, 2.05) is 111 Å². The lowest BCUT2D eigenvalue weighted by molar-refractivity contribution is -0.276. The molecule has 7 nitrogen and oxygen atoms in total. The van der Waals surface area contributed by atoms with Gasteiger partial charge in [-0.2, -0.15) is 0 Å². The van der Waals surface area contributed by atoms with Crippen LogP contribution in [0.3, 0.4) is 0 Å². The molecular weight excluding hydrogens is 552 g/mol. The van der Waals surface area contributed by atoms with E-state index in [4.69, 9.17) is 9.47 Å². The fourth-order valence-electron chi connectivity index (χ4n) is 5.61. The molecule has 7 heteroatoms. The first kappa shape index (κ1) is 31.6. The Hall–Kier alpha value is -3.85. The molecule has 0 radical (unpaired) electrons.